The van der Waals surface area contributed by atoms with Gasteiger partial charge in [0, 0.05) is 20.5 Å². The quantitative estimate of drug-likeness (QED) is 0.452. The third-order valence-electron chi connectivity index (χ3n) is 4.10. The average molecular weight is 412 g/mol. The average Bonchev–Trinajstić information content (AvgIpc) is 2.70. The van der Waals surface area contributed by atoms with Crippen molar-refractivity contribution in [3.8, 4) is 0 Å². The highest BCUT2D eigenvalue weighted by molar-refractivity contribution is 6.38. The zero-order valence-electron chi connectivity index (χ0n) is 16.6. The molecular formula is C19H26F2N4O4. The zero-order valence-corrected chi connectivity index (χ0v) is 16.6. The van der Waals surface area contributed by atoms with Crippen LogP contribution in [0.2, 0.25) is 0 Å². The number of carbonyl (C=O) groups is 4. The number of amides is 3. The van der Waals surface area contributed by atoms with Crippen molar-refractivity contribution in [1.82, 2.24) is 20.9 Å². The van der Waals surface area contributed by atoms with Crippen LogP contribution in [-0.4, -0.2) is 68.6 Å². The number of rotatable bonds is 11. The lowest BCUT2D eigenvalue weighted by molar-refractivity contribution is -0.140. The molecule has 29 heavy (non-hydrogen) atoms. The Balaban J connectivity index is 2.68. The Morgan fingerprint density at radius 1 is 1.03 bits per heavy atom. The van der Waals surface area contributed by atoms with E-state index in [4.69, 9.17) is 0 Å². The monoisotopic (exact) mass is 412 g/mol. The number of likely N-dealkylation sites (N-methyl/N-ethyl adjacent to an activating group) is 2. The first-order valence-electron chi connectivity index (χ1n) is 9.00. The molecular weight excluding hydrogens is 386 g/mol. The Hall–Kier alpha value is -2.88. The van der Waals surface area contributed by atoms with Crippen molar-refractivity contribution >= 4 is 23.5 Å². The van der Waals surface area contributed by atoms with Gasteiger partial charge in [0.25, 0.3) is 5.91 Å². The minimum Gasteiger partial charge on any atom is -0.347 e. The van der Waals surface area contributed by atoms with Crippen LogP contribution in [0.4, 0.5) is 8.78 Å². The van der Waals surface area contributed by atoms with Crippen LogP contribution < -0.4 is 16.0 Å². The summed E-state index contributed by atoms with van der Waals surface area (Å²) in [5, 5.41) is 7.19. The van der Waals surface area contributed by atoms with E-state index < -0.39 is 49.1 Å². The Morgan fingerprint density at radius 3 is 2.17 bits per heavy atom. The molecule has 0 bridgehead atoms. The van der Waals surface area contributed by atoms with E-state index >= 15 is 0 Å². The van der Waals surface area contributed by atoms with E-state index in [-0.39, 0.29) is 12.3 Å². The maximum atomic E-state index is 12.4. The second-order valence-corrected chi connectivity index (χ2v) is 6.50. The maximum absolute atomic E-state index is 12.4. The highest BCUT2D eigenvalue weighted by Crippen LogP contribution is 2.14. The number of alkyl halides is 2. The van der Waals surface area contributed by atoms with Gasteiger partial charge in [0.05, 0.1) is 12.6 Å². The van der Waals surface area contributed by atoms with Crippen molar-refractivity contribution < 1.29 is 28.0 Å². The lowest BCUT2D eigenvalue weighted by Crippen LogP contribution is -2.48. The molecule has 0 spiro atoms. The first kappa shape index (κ1) is 24.2. The smallest absolute Gasteiger partial charge is 0.289 e. The molecule has 10 heteroatoms. The number of nitrogens with one attached hydrogen (secondary N) is 3. The van der Waals surface area contributed by atoms with Crippen LogP contribution >= 0.6 is 0 Å². The van der Waals surface area contributed by atoms with Crippen LogP contribution in [0.15, 0.2) is 30.3 Å². The van der Waals surface area contributed by atoms with E-state index in [0.29, 0.717) is 5.56 Å². The van der Waals surface area contributed by atoms with E-state index in [9.17, 15) is 28.0 Å². The maximum Gasteiger partial charge on any atom is 0.289 e. The van der Waals surface area contributed by atoms with E-state index in [0.717, 1.165) is 0 Å². The predicted octanol–water partition coefficient (Wildman–Crippen LogP) is 0.251. The van der Waals surface area contributed by atoms with Gasteiger partial charge in [0.1, 0.15) is 6.04 Å². The minimum atomic E-state index is -2.59. The molecule has 3 N–H and O–H groups in total. The van der Waals surface area contributed by atoms with Crippen molar-refractivity contribution in [2.45, 2.75) is 31.4 Å². The zero-order chi connectivity index (χ0) is 22.0. The Bertz CT molecular complexity index is 713. The summed E-state index contributed by atoms with van der Waals surface area (Å²) in [5.41, 5.74) is 0.559. The largest absolute Gasteiger partial charge is 0.347 e. The van der Waals surface area contributed by atoms with E-state index in [2.05, 4.69) is 16.0 Å². The third kappa shape index (κ3) is 7.94. The molecule has 0 radical (unpaired) electrons. The molecule has 1 aromatic carbocycles. The first-order valence-corrected chi connectivity index (χ1v) is 9.00. The molecule has 0 saturated carbocycles. The molecule has 160 valence electrons. The van der Waals surface area contributed by atoms with Gasteiger partial charge in [-0.05, 0) is 19.0 Å². The fourth-order valence-electron chi connectivity index (χ4n) is 2.51. The van der Waals surface area contributed by atoms with Gasteiger partial charge in [-0.1, -0.05) is 30.3 Å². The highest BCUT2D eigenvalue weighted by Gasteiger charge is 2.27. The lowest BCUT2D eigenvalue weighted by atomic mass is 10.1. The van der Waals surface area contributed by atoms with Gasteiger partial charge in [-0.25, -0.2) is 8.78 Å². The van der Waals surface area contributed by atoms with Gasteiger partial charge in [-0.2, -0.15) is 0 Å². The number of Topliss-reactive ketones (excluding diaryl/α,β-unsaturated/α-hetero) is 1. The Labute approximate surface area is 168 Å². The van der Waals surface area contributed by atoms with Crippen LogP contribution in [0.1, 0.15) is 24.4 Å². The van der Waals surface area contributed by atoms with Gasteiger partial charge < -0.3 is 20.9 Å². The van der Waals surface area contributed by atoms with E-state index in [1.165, 1.54) is 11.9 Å². The molecule has 1 rings (SSSR count). The van der Waals surface area contributed by atoms with Gasteiger partial charge in [-0.15, -0.1) is 0 Å². The van der Waals surface area contributed by atoms with Crippen LogP contribution in [-0.2, 0) is 19.2 Å². The molecule has 2 unspecified atom stereocenters. The number of ketones is 1. The summed E-state index contributed by atoms with van der Waals surface area (Å²) in [6.07, 6.45) is -3.33. The van der Waals surface area contributed by atoms with Gasteiger partial charge >= 0.3 is 0 Å². The Kier molecular flexibility index (Phi) is 9.87. The van der Waals surface area contributed by atoms with Gasteiger partial charge in [0.15, 0.2) is 0 Å². The molecule has 3 amide bonds. The molecule has 0 fully saturated rings. The molecule has 0 aliphatic rings. The van der Waals surface area contributed by atoms with Crippen molar-refractivity contribution in [3.05, 3.63) is 35.9 Å². The SMILES string of the molecule is CNC(CCC(F)F)C(=O)C(=O)NCC(=O)NC(C(=O)N(C)C)c1ccccc1. The number of hydrogen-bond acceptors (Lipinski definition) is 5. The molecule has 2 atom stereocenters. The van der Waals surface area contributed by atoms with Crippen molar-refractivity contribution in [1.29, 1.82) is 0 Å². The van der Waals surface area contributed by atoms with Gasteiger partial charge in [0.2, 0.25) is 24.0 Å². The molecule has 0 saturated heterocycles. The van der Waals surface area contributed by atoms with E-state index in [1.54, 1.807) is 44.4 Å². The molecule has 8 nitrogen and oxygen atoms in total. The lowest BCUT2D eigenvalue weighted by Gasteiger charge is -2.22. The summed E-state index contributed by atoms with van der Waals surface area (Å²) in [6.45, 7) is -0.542. The molecule has 0 aliphatic heterocycles. The predicted molar refractivity (Wildman–Crippen MR) is 102 cm³/mol. The summed E-state index contributed by atoms with van der Waals surface area (Å²) < 4.78 is 24.6. The van der Waals surface area contributed by atoms with Crippen molar-refractivity contribution in [3.63, 3.8) is 0 Å². The molecule has 0 heterocycles. The second-order valence-electron chi connectivity index (χ2n) is 6.50. The number of hydrogen-bond donors (Lipinski definition) is 3. The molecule has 1 aromatic rings. The summed E-state index contributed by atoms with van der Waals surface area (Å²) in [5.74, 6) is -3.05. The fourth-order valence-corrected chi connectivity index (χ4v) is 2.51. The standard InChI is InChI=1S/C19H26F2N4O4/c1-22-13(9-10-14(20)21)17(27)18(28)23-11-15(26)24-16(19(29)25(2)3)12-7-5-4-6-8-12/h4-8,13-14,16,22H,9-11H2,1-3H3,(H,23,28)(H,24,26). The molecule has 0 aromatic heterocycles. The van der Waals surface area contributed by atoms with E-state index in [1.807, 2.05) is 0 Å². The number of benzene rings is 1. The topological polar surface area (TPSA) is 108 Å². The number of nitrogens with zero attached hydrogens (tertiary/aromatic N) is 1. The first-order chi connectivity index (χ1) is 13.7. The normalized spacial score (nSPS) is 12.8. The van der Waals surface area contributed by atoms with Crippen molar-refractivity contribution in [2.24, 2.45) is 0 Å². The minimum absolute atomic E-state index is 0.208. The molecule has 0 aliphatic carbocycles. The van der Waals surface area contributed by atoms with Crippen LogP contribution in [0.5, 0.6) is 0 Å². The van der Waals surface area contributed by atoms with Crippen LogP contribution in [0, 0.1) is 0 Å². The summed E-state index contributed by atoms with van der Waals surface area (Å²) in [6, 6.07) is 6.52. The van der Waals surface area contributed by atoms with Crippen LogP contribution in [0.25, 0.3) is 0 Å². The summed E-state index contributed by atoms with van der Waals surface area (Å²) in [7, 11) is 4.47. The second kappa shape index (κ2) is 11.8. The Morgan fingerprint density at radius 2 is 1.66 bits per heavy atom. The number of halogens is 2. The third-order valence-corrected chi connectivity index (χ3v) is 4.10. The van der Waals surface area contributed by atoms with Crippen LogP contribution in [0.3, 0.4) is 0 Å². The summed E-state index contributed by atoms with van der Waals surface area (Å²) >= 11 is 0. The fraction of sp³-hybridized carbons (Fsp3) is 0.474. The van der Waals surface area contributed by atoms with Crippen molar-refractivity contribution in [2.75, 3.05) is 27.7 Å². The highest BCUT2D eigenvalue weighted by atomic mass is 19.3. The summed E-state index contributed by atoms with van der Waals surface area (Å²) in [4.78, 5) is 49.9. The number of carbonyl (C=O) groups excluding carboxylic acids is 4. The van der Waals surface area contributed by atoms with Gasteiger partial charge in [-0.3, -0.25) is 19.2 Å².